The van der Waals surface area contributed by atoms with Crippen LogP contribution in [-0.2, 0) is 17.8 Å². The van der Waals surface area contributed by atoms with E-state index in [4.69, 9.17) is 5.73 Å². The van der Waals surface area contributed by atoms with E-state index in [1.165, 1.54) is 24.3 Å². The van der Waals surface area contributed by atoms with E-state index in [9.17, 15) is 19.5 Å². The molecule has 3 amide bonds. The maximum atomic E-state index is 13.2. The molecule has 0 unspecified atom stereocenters. The lowest BCUT2D eigenvalue weighted by Crippen LogP contribution is -2.22. The lowest BCUT2D eigenvalue weighted by Gasteiger charge is -2.14. The molecule has 9 heteroatoms. The van der Waals surface area contributed by atoms with E-state index >= 15 is 0 Å². The van der Waals surface area contributed by atoms with Crippen LogP contribution in [0, 0.1) is 0 Å². The summed E-state index contributed by atoms with van der Waals surface area (Å²) in [6.07, 6.45) is 0.386. The average molecular weight is 622 g/mol. The number of phenolic OH excluding ortho intramolecular Hbond substituents is 1. The van der Waals surface area contributed by atoms with Gasteiger partial charge < -0.3 is 21.5 Å². The fraction of sp³-hybridized carbons (Fsp3) is 0.0789. The zero-order valence-corrected chi connectivity index (χ0v) is 25.3. The highest BCUT2D eigenvalue weighted by atomic mass is 16.3. The predicted octanol–water partition coefficient (Wildman–Crippen LogP) is 6.27. The van der Waals surface area contributed by atoms with Gasteiger partial charge in [0.15, 0.2) is 0 Å². The molecule has 0 spiro atoms. The SMILES string of the molecule is NC(=O)CCc1cc(-c2ccccc2NC(=O)c2ccc(O)cc2)nnc1-c1cccc(C(=O)NCc2ccc3ccccc3c2)c1. The highest BCUT2D eigenvalue weighted by Gasteiger charge is 2.17. The number of carbonyl (C=O) groups excluding carboxylic acids is 3. The van der Waals surface area contributed by atoms with Gasteiger partial charge in [-0.15, -0.1) is 10.2 Å². The fourth-order valence-electron chi connectivity index (χ4n) is 5.32. The minimum atomic E-state index is -0.460. The van der Waals surface area contributed by atoms with Crippen molar-refractivity contribution >= 4 is 34.2 Å². The largest absolute Gasteiger partial charge is 0.508 e. The molecule has 0 bridgehead atoms. The number of amides is 3. The summed E-state index contributed by atoms with van der Waals surface area (Å²) in [5.74, 6) is -0.987. The third-order valence-corrected chi connectivity index (χ3v) is 7.76. The first-order valence-electron chi connectivity index (χ1n) is 15.0. The van der Waals surface area contributed by atoms with Crippen molar-refractivity contribution in [3.8, 4) is 28.3 Å². The number of nitrogens with one attached hydrogen (secondary N) is 2. The molecule has 6 rings (SSSR count). The van der Waals surface area contributed by atoms with Crippen molar-refractivity contribution in [2.45, 2.75) is 19.4 Å². The Morgan fingerprint density at radius 1 is 0.702 bits per heavy atom. The van der Waals surface area contributed by atoms with Crippen LogP contribution < -0.4 is 16.4 Å². The fourth-order valence-corrected chi connectivity index (χ4v) is 5.32. The molecule has 0 aliphatic heterocycles. The number of phenols is 1. The number of rotatable bonds is 10. The van der Waals surface area contributed by atoms with Crippen molar-refractivity contribution in [1.29, 1.82) is 0 Å². The van der Waals surface area contributed by atoms with Crippen LogP contribution >= 0.6 is 0 Å². The molecule has 0 fully saturated rings. The molecule has 5 aromatic carbocycles. The third-order valence-electron chi connectivity index (χ3n) is 7.76. The number of aromatic nitrogens is 2. The van der Waals surface area contributed by atoms with Crippen LogP contribution in [0.2, 0.25) is 0 Å². The Labute approximate surface area is 271 Å². The first-order chi connectivity index (χ1) is 22.8. The van der Waals surface area contributed by atoms with Crippen LogP contribution in [0.15, 0.2) is 121 Å². The van der Waals surface area contributed by atoms with Gasteiger partial charge in [0.1, 0.15) is 5.75 Å². The summed E-state index contributed by atoms with van der Waals surface area (Å²) in [5.41, 5.74) is 10.8. The van der Waals surface area contributed by atoms with E-state index < -0.39 is 5.91 Å². The number of primary amides is 1. The van der Waals surface area contributed by atoms with Crippen molar-refractivity contribution in [2.24, 2.45) is 5.73 Å². The topological polar surface area (TPSA) is 147 Å². The second kappa shape index (κ2) is 13.7. The summed E-state index contributed by atoms with van der Waals surface area (Å²) in [7, 11) is 0. The maximum Gasteiger partial charge on any atom is 0.255 e. The zero-order valence-electron chi connectivity index (χ0n) is 25.3. The number of aryl methyl sites for hydroxylation is 1. The molecule has 6 aromatic rings. The summed E-state index contributed by atoms with van der Waals surface area (Å²) in [4.78, 5) is 37.9. The van der Waals surface area contributed by atoms with Crippen molar-refractivity contribution in [1.82, 2.24) is 15.5 Å². The minimum Gasteiger partial charge on any atom is -0.508 e. The van der Waals surface area contributed by atoms with E-state index in [0.717, 1.165) is 16.3 Å². The quantitative estimate of drug-likeness (QED) is 0.142. The molecule has 47 heavy (non-hydrogen) atoms. The Kier molecular flexibility index (Phi) is 8.97. The Morgan fingerprint density at radius 2 is 1.47 bits per heavy atom. The van der Waals surface area contributed by atoms with E-state index in [2.05, 4.69) is 26.9 Å². The molecule has 0 atom stereocenters. The van der Waals surface area contributed by atoms with E-state index in [1.807, 2.05) is 60.7 Å². The summed E-state index contributed by atoms with van der Waals surface area (Å²) in [6.45, 7) is 0.370. The molecule has 232 valence electrons. The zero-order chi connectivity index (χ0) is 32.8. The number of para-hydroxylation sites is 1. The van der Waals surface area contributed by atoms with Crippen LogP contribution in [0.1, 0.15) is 38.3 Å². The standard InChI is InChI=1S/C38H31N5O4/c39-35(45)19-16-29-22-34(32-10-3-4-11-33(32)41-38(47)26-14-17-31(44)18-15-26)42-43-36(29)28-8-5-9-30(21-28)37(46)40-23-24-12-13-25-6-1-2-7-27(25)20-24/h1-15,17-18,20-22,44H,16,19,23H2,(H2,39,45)(H,40,46)(H,41,47). The molecule has 0 radical (unpaired) electrons. The Morgan fingerprint density at radius 3 is 2.28 bits per heavy atom. The Balaban J connectivity index is 1.26. The van der Waals surface area contributed by atoms with Gasteiger partial charge in [-0.25, -0.2) is 0 Å². The van der Waals surface area contributed by atoms with E-state index in [-0.39, 0.29) is 24.0 Å². The normalized spacial score (nSPS) is 10.8. The number of fused-ring (bicyclic) bond motifs is 1. The minimum absolute atomic E-state index is 0.0629. The summed E-state index contributed by atoms with van der Waals surface area (Å²) >= 11 is 0. The summed E-state index contributed by atoms with van der Waals surface area (Å²) in [6, 6.07) is 36.2. The maximum absolute atomic E-state index is 13.2. The molecule has 1 aromatic heterocycles. The molecular weight excluding hydrogens is 590 g/mol. The van der Waals surface area contributed by atoms with Crippen LogP contribution in [0.25, 0.3) is 33.3 Å². The number of nitrogens with zero attached hydrogens (tertiary/aromatic N) is 2. The van der Waals surface area contributed by atoms with Crippen molar-refractivity contribution in [3.05, 3.63) is 144 Å². The first kappa shape index (κ1) is 30.7. The Bertz CT molecular complexity index is 2110. The number of hydrogen-bond acceptors (Lipinski definition) is 6. The lowest BCUT2D eigenvalue weighted by molar-refractivity contribution is -0.118. The van der Waals surface area contributed by atoms with Gasteiger partial charge in [0, 0.05) is 35.2 Å². The number of benzene rings is 5. The van der Waals surface area contributed by atoms with Gasteiger partial charge in [-0.05, 0) is 82.9 Å². The summed E-state index contributed by atoms with van der Waals surface area (Å²) in [5, 5.41) is 26.7. The molecule has 0 saturated carbocycles. The van der Waals surface area contributed by atoms with Gasteiger partial charge in [-0.2, -0.15) is 0 Å². The van der Waals surface area contributed by atoms with E-state index in [0.29, 0.717) is 57.9 Å². The molecule has 1 heterocycles. The van der Waals surface area contributed by atoms with Gasteiger partial charge in [-0.1, -0.05) is 66.7 Å². The highest BCUT2D eigenvalue weighted by Crippen LogP contribution is 2.31. The van der Waals surface area contributed by atoms with Crippen LogP contribution in [-0.4, -0.2) is 33.0 Å². The van der Waals surface area contributed by atoms with E-state index in [1.54, 1.807) is 30.3 Å². The molecule has 5 N–H and O–H groups in total. The number of carbonyl (C=O) groups is 3. The number of anilines is 1. The van der Waals surface area contributed by atoms with Crippen LogP contribution in [0.4, 0.5) is 5.69 Å². The molecule has 0 aliphatic rings. The van der Waals surface area contributed by atoms with Gasteiger partial charge in [0.25, 0.3) is 11.8 Å². The average Bonchev–Trinajstić information content (AvgIpc) is 3.10. The molecular formula is C38H31N5O4. The second-order valence-corrected chi connectivity index (χ2v) is 11.1. The predicted molar refractivity (Wildman–Crippen MR) is 182 cm³/mol. The molecule has 0 aliphatic carbocycles. The third kappa shape index (κ3) is 7.32. The molecule has 9 nitrogen and oxygen atoms in total. The molecule has 0 saturated heterocycles. The van der Waals surface area contributed by atoms with Crippen molar-refractivity contribution in [2.75, 3.05) is 5.32 Å². The number of nitrogens with two attached hydrogens (primary N) is 1. The number of aromatic hydroxyl groups is 1. The van der Waals surface area contributed by atoms with Crippen molar-refractivity contribution in [3.63, 3.8) is 0 Å². The monoisotopic (exact) mass is 621 g/mol. The highest BCUT2D eigenvalue weighted by molar-refractivity contribution is 6.06. The second-order valence-electron chi connectivity index (χ2n) is 11.1. The van der Waals surface area contributed by atoms with Gasteiger partial charge in [-0.3, -0.25) is 14.4 Å². The number of hydrogen-bond donors (Lipinski definition) is 4. The van der Waals surface area contributed by atoms with Gasteiger partial charge in [0.05, 0.1) is 17.1 Å². The lowest BCUT2D eigenvalue weighted by atomic mass is 9.98. The van der Waals surface area contributed by atoms with Crippen LogP contribution in [0.5, 0.6) is 5.75 Å². The van der Waals surface area contributed by atoms with Gasteiger partial charge in [0.2, 0.25) is 5.91 Å². The van der Waals surface area contributed by atoms with Crippen LogP contribution in [0.3, 0.4) is 0 Å². The smallest absolute Gasteiger partial charge is 0.255 e. The Hall–Kier alpha value is -6.35. The summed E-state index contributed by atoms with van der Waals surface area (Å²) < 4.78 is 0. The first-order valence-corrected chi connectivity index (χ1v) is 15.0. The van der Waals surface area contributed by atoms with Gasteiger partial charge >= 0.3 is 0 Å². The van der Waals surface area contributed by atoms with Crippen molar-refractivity contribution < 1.29 is 19.5 Å².